The van der Waals surface area contributed by atoms with Crippen LogP contribution in [0.3, 0.4) is 0 Å². The van der Waals surface area contributed by atoms with Crippen LogP contribution < -0.4 is 10.4 Å². The van der Waals surface area contributed by atoms with Gasteiger partial charge >= 0.3 is 0 Å². The number of rotatable bonds is 3. The van der Waals surface area contributed by atoms with Crippen molar-refractivity contribution in [3.63, 3.8) is 0 Å². The molecule has 0 heterocycles. The maximum atomic E-state index is 13.4. The van der Waals surface area contributed by atoms with Gasteiger partial charge in [-0.2, -0.15) is 0 Å². The summed E-state index contributed by atoms with van der Waals surface area (Å²) in [5.74, 6) is -3.89. The predicted octanol–water partition coefficient (Wildman–Crippen LogP) is 1.10. The molecule has 1 aliphatic carbocycles. The normalized spacial score (nSPS) is 21.9. The van der Waals surface area contributed by atoms with Crippen molar-refractivity contribution in [3.05, 3.63) is 42.2 Å². The molecule has 0 fully saturated rings. The summed E-state index contributed by atoms with van der Waals surface area (Å²) >= 11 is 0. The van der Waals surface area contributed by atoms with Crippen LogP contribution >= 0.6 is 0 Å². The Morgan fingerprint density at radius 2 is 1.79 bits per heavy atom. The average molecular weight is 262 g/mol. The molecule has 0 saturated heterocycles. The van der Waals surface area contributed by atoms with Crippen molar-refractivity contribution in [2.75, 3.05) is 5.32 Å². The number of carbonyl (C=O) groups excluding carboxylic acids is 2. The van der Waals surface area contributed by atoms with Gasteiger partial charge in [0.05, 0.1) is 11.6 Å². The lowest BCUT2D eigenvalue weighted by atomic mass is 9.82. The summed E-state index contributed by atoms with van der Waals surface area (Å²) in [7, 11) is 0. The molecule has 1 N–H and O–H groups in total. The van der Waals surface area contributed by atoms with Gasteiger partial charge in [0.15, 0.2) is 0 Å². The fourth-order valence-electron chi connectivity index (χ4n) is 2.15. The Kier molecular flexibility index (Phi) is 3.94. The zero-order chi connectivity index (χ0) is 13.8. The SMILES string of the molecule is O=C([O-])[C@@H]1CC=CC[C@H]1C(=O)Nc1ccccc1F. The van der Waals surface area contributed by atoms with Gasteiger partial charge in [0.2, 0.25) is 5.91 Å². The monoisotopic (exact) mass is 262 g/mol. The number of aliphatic carboxylic acids is 1. The van der Waals surface area contributed by atoms with E-state index in [0.29, 0.717) is 6.42 Å². The van der Waals surface area contributed by atoms with Crippen LogP contribution in [0.15, 0.2) is 36.4 Å². The van der Waals surface area contributed by atoms with Gasteiger partial charge < -0.3 is 15.2 Å². The number of hydrogen-bond acceptors (Lipinski definition) is 3. The highest BCUT2D eigenvalue weighted by Gasteiger charge is 2.30. The minimum Gasteiger partial charge on any atom is -0.550 e. The van der Waals surface area contributed by atoms with Crippen molar-refractivity contribution in [3.8, 4) is 0 Å². The number of allylic oxidation sites excluding steroid dienone is 2. The molecular formula is C14H13FNO3-. The molecular weight excluding hydrogens is 249 g/mol. The first-order chi connectivity index (χ1) is 9.09. The fraction of sp³-hybridized carbons (Fsp3) is 0.286. The lowest BCUT2D eigenvalue weighted by Gasteiger charge is -2.28. The lowest BCUT2D eigenvalue weighted by Crippen LogP contribution is -2.41. The number of para-hydroxylation sites is 1. The smallest absolute Gasteiger partial charge is 0.228 e. The van der Waals surface area contributed by atoms with E-state index in [1.807, 2.05) is 0 Å². The highest BCUT2D eigenvalue weighted by atomic mass is 19.1. The summed E-state index contributed by atoms with van der Waals surface area (Å²) in [5, 5.41) is 13.4. The second-order valence-electron chi connectivity index (χ2n) is 4.44. The summed E-state index contributed by atoms with van der Waals surface area (Å²) in [4.78, 5) is 23.0. The lowest BCUT2D eigenvalue weighted by molar-refractivity contribution is -0.313. The standard InChI is InChI=1S/C14H14FNO3/c15-11-7-3-4-8-12(11)16-13(17)9-5-1-2-6-10(9)14(18)19/h1-4,7-10H,5-6H2,(H,16,17)(H,18,19)/p-1/t9-,10-/m1/s1. The Labute approximate surface area is 109 Å². The molecule has 0 aliphatic heterocycles. The van der Waals surface area contributed by atoms with Gasteiger partial charge in [-0.05, 0) is 25.0 Å². The van der Waals surface area contributed by atoms with E-state index in [1.54, 1.807) is 18.2 Å². The zero-order valence-electron chi connectivity index (χ0n) is 10.1. The molecule has 19 heavy (non-hydrogen) atoms. The summed E-state index contributed by atoms with van der Waals surface area (Å²) in [5.41, 5.74) is 0.0548. The van der Waals surface area contributed by atoms with Crippen LogP contribution in [-0.2, 0) is 9.59 Å². The third-order valence-electron chi connectivity index (χ3n) is 3.20. The minimum atomic E-state index is -1.25. The van der Waals surface area contributed by atoms with Crippen LogP contribution in [0, 0.1) is 17.7 Å². The number of benzene rings is 1. The molecule has 0 spiro atoms. The molecule has 5 heteroatoms. The van der Waals surface area contributed by atoms with Crippen LogP contribution in [0.4, 0.5) is 10.1 Å². The van der Waals surface area contributed by atoms with E-state index in [1.165, 1.54) is 18.2 Å². The van der Waals surface area contributed by atoms with Crippen LogP contribution in [0.2, 0.25) is 0 Å². The van der Waals surface area contributed by atoms with Gasteiger partial charge in [0.1, 0.15) is 5.82 Å². The largest absolute Gasteiger partial charge is 0.550 e. The van der Waals surface area contributed by atoms with E-state index in [0.717, 1.165) is 0 Å². The number of nitrogens with one attached hydrogen (secondary N) is 1. The van der Waals surface area contributed by atoms with Gasteiger partial charge in [0.25, 0.3) is 0 Å². The molecule has 2 rings (SSSR count). The second-order valence-corrected chi connectivity index (χ2v) is 4.44. The van der Waals surface area contributed by atoms with Crippen molar-refractivity contribution in [2.45, 2.75) is 12.8 Å². The molecule has 0 unspecified atom stereocenters. The van der Waals surface area contributed by atoms with Crippen LogP contribution in [-0.4, -0.2) is 11.9 Å². The van der Waals surface area contributed by atoms with Gasteiger partial charge in [0, 0.05) is 11.9 Å². The number of halogens is 1. The van der Waals surface area contributed by atoms with Crippen molar-refractivity contribution < 1.29 is 19.1 Å². The second kappa shape index (κ2) is 5.65. The van der Waals surface area contributed by atoms with Crippen LogP contribution in [0.5, 0.6) is 0 Å². The van der Waals surface area contributed by atoms with E-state index in [9.17, 15) is 19.1 Å². The van der Waals surface area contributed by atoms with Crippen LogP contribution in [0.25, 0.3) is 0 Å². The first kappa shape index (κ1) is 13.3. The highest BCUT2D eigenvalue weighted by molar-refractivity contribution is 5.95. The van der Waals surface area contributed by atoms with Crippen molar-refractivity contribution in [1.29, 1.82) is 0 Å². The van der Waals surface area contributed by atoms with Crippen molar-refractivity contribution in [2.24, 2.45) is 11.8 Å². The Morgan fingerprint density at radius 3 is 2.42 bits per heavy atom. The molecule has 4 nitrogen and oxygen atoms in total. The first-order valence-electron chi connectivity index (χ1n) is 6.01. The maximum Gasteiger partial charge on any atom is 0.228 e. The zero-order valence-corrected chi connectivity index (χ0v) is 10.1. The molecule has 1 aromatic rings. The Bertz CT molecular complexity index is 527. The van der Waals surface area contributed by atoms with Gasteiger partial charge in [-0.1, -0.05) is 24.3 Å². The minimum absolute atomic E-state index is 0.0548. The fourth-order valence-corrected chi connectivity index (χ4v) is 2.15. The van der Waals surface area contributed by atoms with Gasteiger partial charge in [-0.15, -0.1) is 0 Å². The maximum absolute atomic E-state index is 13.4. The third-order valence-corrected chi connectivity index (χ3v) is 3.20. The number of carboxylic acid groups (broad SMARTS) is 1. The van der Waals surface area contributed by atoms with Gasteiger partial charge in [-0.25, -0.2) is 4.39 Å². The number of amides is 1. The van der Waals surface area contributed by atoms with E-state index in [4.69, 9.17) is 0 Å². The Hall–Kier alpha value is -2.17. The molecule has 1 aromatic carbocycles. The number of hydrogen-bond donors (Lipinski definition) is 1. The summed E-state index contributed by atoms with van der Waals surface area (Å²) in [6, 6.07) is 5.76. The highest BCUT2D eigenvalue weighted by Crippen LogP contribution is 2.27. The molecule has 1 aliphatic rings. The Morgan fingerprint density at radius 1 is 1.16 bits per heavy atom. The first-order valence-corrected chi connectivity index (χ1v) is 6.01. The quantitative estimate of drug-likeness (QED) is 0.829. The average Bonchev–Trinajstić information content (AvgIpc) is 2.41. The Balaban J connectivity index is 2.13. The van der Waals surface area contributed by atoms with E-state index >= 15 is 0 Å². The number of carbonyl (C=O) groups is 2. The van der Waals surface area contributed by atoms with Crippen molar-refractivity contribution >= 4 is 17.6 Å². The van der Waals surface area contributed by atoms with Crippen molar-refractivity contribution in [1.82, 2.24) is 0 Å². The summed E-state index contributed by atoms with van der Waals surface area (Å²) in [6.45, 7) is 0. The predicted molar refractivity (Wildman–Crippen MR) is 65.4 cm³/mol. The summed E-state index contributed by atoms with van der Waals surface area (Å²) in [6.07, 6.45) is 4.05. The van der Waals surface area contributed by atoms with Crippen LogP contribution in [0.1, 0.15) is 12.8 Å². The van der Waals surface area contributed by atoms with E-state index in [2.05, 4.69) is 5.32 Å². The molecule has 0 aromatic heterocycles. The van der Waals surface area contributed by atoms with E-state index in [-0.39, 0.29) is 12.1 Å². The molecule has 2 atom stereocenters. The third kappa shape index (κ3) is 2.99. The molecule has 1 amide bonds. The number of carboxylic acids is 1. The molecule has 100 valence electrons. The van der Waals surface area contributed by atoms with Gasteiger partial charge in [-0.3, -0.25) is 4.79 Å². The van der Waals surface area contributed by atoms with E-state index < -0.39 is 29.5 Å². The topological polar surface area (TPSA) is 69.2 Å². The summed E-state index contributed by atoms with van der Waals surface area (Å²) < 4.78 is 13.4. The number of anilines is 1. The molecule has 0 bridgehead atoms. The molecule has 0 radical (unpaired) electrons. The molecule has 0 saturated carbocycles.